The van der Waals surface area contributed by atoms with Crippen molar-refractivity contribution in [3.05, 3.63) is 107 Å². The van der Waals surface area contributed by atoms with Crippen molar-refractivity contribution in [3.63, 3.8) is 0 Å². The number of thiocarbonyl (C=S) groups is 1. The van der Waals surface area contributed by atoms with Crippen LogP contribution in [0, 0.1) is 0 Å². The largest absolute Gasteiger partial charge is 0.573 e. The monoisotopic (exact) mass is 537 g/mol. The van der Waals surface area contributed by atoms with E-state index in [4.69, 9.17) is 17.3 Å². The molecule has 1 aliphatic heterocycles. The molecule has 3 aromatic rings. The number of benzene rings is 3. The molecule has 10 heteroatoms. The van der Waals surface area contributed by atoms with Crippen LogP contribution in [0.3, 0.4) is 0 Å². The molecular formula is C28H26F3N5OS. The van der Waals surface area contributed by atoms with Crippen molar-refractivity contribution in [1.82, 2.24) is 10.7 Å². The van der Waals surface area contributed by atoms with Crippen LogP contribution in [0.5, 0.6) is 5.75 Å². The van der Waals surface area contributed by atoms with Gasteiger partial charge in [0.2, 0.25) is 0 Å². The Morgan fingerprint density at radius 3 is 2.45 bits per heavy atom. The zero-order valence-corrected chi connectivity index (χ0v) is 21.4. The number of alkyl halides is 3. The van der Waals surface area contributed by atoms with Crippen LogP contribution in [0.15, 0.2) is 101 Å². The molecule has 0 aromatic heterocycles. The number of hydrogen-bond donors (Lipinski definition) is 2. The molecule has 1 heterocycles. The van der Waals surface area contributed by atoms with Gasteiger partial charge in [-0.1, -0.05) is 66.2 Å². The molecule has 0 atom stereocenters. The summed E-state index contributed by atoms with van der Waals surface area (Å²) in [5.74, 6) is -0.271. The first-order chi connectivity index (χ1) is 18.2. The molecule has 196 valence electrons. The third-order valence-corrected chi connectivity index (χ3v) is 5.81. The second-order valence-corrected chi connectivity index (χ2v) is 8.97. The minimum absolute atomic E-state index is 0.271. The second kappa shape index (κ2) is 12.4. The maximum atomic E-state index is 12.5. The van der Waals surface area contributed by atoms with Crippen molar-refractivity contribution in [2.45, 2.75) is 26.3 Å². The third kappa shape index (κ3) is 8.17. The van der Waals surface area contributed by atoms with E-state index in [9.17, 15) is 13.2 Å². The quantitative estimate of drug-likeness (QED) is 0.164. The standard InChI is InChI=1S/C28H26F3N5OS/c1-20-7-16-26(35-36(19-20)24-12-14-25(15-13-24)37-28(29,30)31)23-10-8-22(9-11-23)18-33-34-27(38)32-17-21-5-3-2-4-6-21/h2-15,18H,16-17,19H2,1H3,(H2,32,34,38)/b33-18+. The first-order valence-corrected chi connectivity index (χ1v) is 12.2. The summed E-state index contributed by atoms with van der Waals surface area (Å²) in [5.41, 5.74) is 8.35. The van der Waals surface area contributed by atoms with Gasteiger partial charge >= 0.3 is 6.36 Å². The molecule has 38 heavy (non-hydrogen) atoms. The van der Waals surface area contributed by atoms with E-state index in [0.29, 0.717) is 30.3 Å². The normalized spacial score (nSPS) is 13.9. The summed E-state index contributed by atoms with van der Waals surface area (Å²) in [6.07, 6.45) is -0.320. The van der Waals surface area contributed by atoms with E-state index < -0.39 is 6.36 Å². The molecule has 2 N–H and O–H groups in total. The Bertz CT molecular complexity index is 1320. The van der Waals surface area contributed by atoms with Gasteiger partial charge in [0.15, 0.2) is 5.11 Å². The van der Waals surface area contributed by atoms with Crippen molar-refractivity contribution in [2.75, 3.05) is 11.6 Å². The fourth-order valence-corrected chi connectivity index (χ4v) is 3.81. The van der Waals surface area contributed by atoms with Crippen molar-refractivity contribution in [3.8, 4) is 5.75 Å². The molecular weight excluding hydrogens is 511 g/mol. The van der Waals surface area contributed by atoms with Gasteiger partial charge in [-0.15, -0.1) is 13.2 Å². The van der Waals surface area contributed by atoms with Crippen LogP contribution in [-0.2, 0) is 6.54 Å². The number of hydrazone groups is 2. The SMILES string of the molecule is CC1=CCC(c2ccc(/C=N/NC(=S)NCc3ccccc3)cc2)=NN(c2ccc(OC(F)(F)F)cc2)C1. The zero-order chi connectivity index (χ0) is 27.0. The predicted molar refractivity (Wildman–Crippen MR) is 148 cm³/mol. The summed E-state index contributed by atoms with van der Waals surface area (Å²) in [6, 6.07) is 23.4. The van der Waals surface area contributed by atoms with Crippen LogP contribution in [-0.4, -0.2) is 29.9 Å². The highest BCUT2D eigenvalue weighted by molar-refractivity contribution is 7.80. The van der Waals surface area contributed by atoms with Gasteiger partial charge in [-0.25, -0.2) is 0 Å². The molecule has 0 amide bonds. The van der Waals surface area contributed by atoms with E-state index in [1.807, 2.05) is 61.5 Å². The highest BCUT2D eigenvalue weighted by atomic mass is 32.1. The van der Waals surface area contributed by atoms with E-state index in [1.165, 1.54) is 12.1 Å². The number of hydrogen-bond acceptors (Lipinski definition) is 5. The maximum Gasteiger partial charge on any atom is 0.573 e. The Balaban J connectivity index is 1.38. The smallest absolute Gasteiger partial charge is 0.406 e. The predicted octanol–water partition coefficient (Wildman–Crippen LogP) is 6.14. The van der Waals surface area contributed by atoms with E-state index in [2.05, 4.69) is 26.7 Å². The molecule has 0 fully saturated rings. The van der Waals surface area contributed by atoms with Crippen LogP contribution in [0.4, 0.5) is 18.9 Å². The summed E-state index contributed by atoms with van der Waals surface area (Å²) >= 11 is 5.26. The number of anilines is 1. The lowest BCUT2D eigenvalue weighted by Gasteiger charge is -2.20. The summed E-state index contributed by atoms with van der Waals surface area (Å²) in [5, 5.41) is 14.3. The van der Waals surface area contributed by atoms with E-state index in [0.717, 1.165) is 28.0 Å². The average Bonchev–Trinajstić information content (AvgIpc) is 3.10. The molecule has 0 aliphatic carbocycles. The molecule has 0 saturated heterocycles. The Morgan fingerprint density at radius 2 is 1.76 bits per heavy atom. The highest BCUT2D eigenvalue weighted by Crippen LogP contribution is 2.27. The van der Waals surface area contributed by atoms with Gasteiger partial charge in [0.05, 0.1) is 24.2 Å². The molecule has 1 aliphatic rings. The van der Waals surface area contributed by atoms with Crippen LogP contribution >= 0.6 is 12.2 Å². The lowest BCUT2D eigenvalue weighted by molar-refractivity contribution is -0.274. The number of rotatable bonds is 7. The van der Waals surface area contributed by atoms with Crippen LogP contribution < -0.4 is 20.5 Å². The van der Waals surface area contributed by atoms with Gasteiger partial charge in [0.25, 0.3) is 0 Å². The summed E-state index contributed by atoms with van der Waals surface area (Å²) in [4.78, 5) is 0. The molecule has 6 nitrogen and oxygen atoms in total. The van der Waals surface area contributed by atoms with Gasteiger partial charge < -0.3 is 10.1 Å². The maximum absolute atomic E-state index is 12.5. The number of nitrogens with zero attached hydrogens (tertiary/aromatic N) is 3. The van der Waals surface area contributed by atoms with Crippen molar-refractivity contribution >= 4 is 34.9 Å². The van der Waals surface area contributed by atoms with Crippen molar-refractivity contribution in [2.24, 2.45) is 10.2 Å². The van der Waals surface area contributed by atoms with Gasteiger partial charge in [0, 0.05) is 13.0 Å². The van der Waals surface area contributed by atoms with Crippen LogP contribution in [0.2, 0.25) is 0 Å². The van der Waals surface area contributed by atoms with Gasteiger partial charge in [0.1, 0.15) is 5.75 Å². The van der Waals surface area contributed by atoms with Gasteiger partial charge in [-0.3, -0.25) is 10.4 Å². The van der Waals surface area contributed by atoms with Crippen LogP contribution in [0.25, 0.3) is 0 Å². The van der Waals surface area contributed by atoms with E-state index in [1.54, 1.807) is 23.4 Å². The fraction of sp³-hybridized carbons (Fsp3) is 0.179. The number of allylic oxidation sites excluding steroid dienone is 1. The molecule has 0 unspecified atom stereocenters. The number of nitrogens with one attached hydrogen (secondary N) is 2. The minimum atomic E-state index is -4.73. The Labute approximate surface area is 224 Å². The zero-order valence-electron chi connectivity index (χ0n) is 20.6. The summed E-state index contributed by atoms with van der Waals surface area (Å²) < 4.78 is 41.4. The fourth-order valence-electron chi connectivity index (χ4n) is 3.68. The minimum Gasteiger partial charge on any atom is -0.406 e. The third-order valence-electron chi connectivity index (χ3n) is 5.57. The lowest BCUT2D eigenvalue weighted by atomic mass is 10.0. The van der Waals surface area contributed by atoms with Gasteiger partial charge in [-0.2, -0.15) is 10.2 Å². The molecule has 4 rings (SSSR count). The average molecular weight is 538 g/mol. The highest BCUT2D eigenvalue weighted by Gasteiger charge is 2.31. The van der Waals surface area contributed by atoms with Crippen molar-refractivity contribution in [1.29, 1.82) is 0 Å². The van der Waals surface area contributed by atoms with E-state index >= 15 is 0 Å². The lowest BCUT2D eigenvalue weighted by Crippen LogP contribution is -2.31. The number of ether oxygens (including phenoxy) is 1. The summed E-state index contributed by atoms with van der Waals surface area (Å²) in [6.45, 7) is 3.13. The molecule has 0 saturated carbocycles. The van der Waals surface area contributed by atoms with Crippen molar-refractivity contribution < 1.29 is 17.9 Å². The Hall–Kier alpha value is -4.18. The van der Waals surface area contributed by atoms with Gasteiger partial charge in [-0.05, 0) is 60.1 Å². The molecule has 0 radical (unpaired) electrons. The topological polar surface area (TPSA) is 61.2 Å². The summed E-state index contributed by atoms with van der Waals surface area (Å²) in [7, 11) is 0. The second-order valence-electron chi connectivity index (χ2n) is 8.56. The van der Waals surface area contributed by atoms with E-state index in [-0.39, 0.29) is 5.75 Å². The van der Waals surface area contributed by atoms with Crippen LogP contribution in [0.1, 0.15) is 30.0 Å². The Kier molecular flexibility index (Phi) is 8.75. The number of halogens is 3. The molecule has 0 bridgehead atoms. The first-order valence-electron chi connectivity index (χ1n) is 11.8. The first kappa shape index (κ1) is 26.9. The molecule has 3 aromatic carbocycles. The molecule has 0 spiro atoms. The Morgan fingerprint density at radius 1 is 1.05 bits per heavy atom.